The van der Waals surface area contributed by atoms with E-state index in [1.807, 2.05) is 19.9 Å². The summed E-state index contributed by atoms with van der Waals surface area (Å²) in [4.78, 5) is 8.12. The van der Waals surface area contributed by atoms with Gasteiger partial charge in [-0.15, -0.1) is 6.58 Å². The van der Waals surface area contributed by atoms with Gasteiger partial charge in [-0.1, -0.05) is 6.08 Å². The molecular formula is C9H11ClN2. The molecule has 3 heteroatoms. The van der Waals surface area contributed by atoms with E-state index in [9.17, 15) is 0 Å². The summed E-state index contributed by atoms with van der Waals surface area (Å²) in [5, 5.41) is 0.317. The lowest BCUT2D eigenvalue weighted by Gasteiger charge is -2.05. The Labute approximate surface area is 77.3 Å². The van der Waals surface area contributed by atoms with Crippen LogP contribution in [0.15, 0.2) is 12.7 Å². The second kappa shape index (κ2) is 3.68. The number of allylic oxidation sites excluding steroid dienone is 1. The molecule has 0 spiro atoms. The predicted octanol–water partition coefficient (Wildman–Crippen LogP) is 2.48. The molecule has 1 aromatic heterocycles. The maximum absolute atomic E-state index is 5.67. The van der Waals surface area contributed by atoms with E-state index < -0.39 is 0 Å². The summed E-state index contributed by atoms with van der Waals surface area (Å²) in [6, 6.07) is 0. The quantitative estimate of drug-likeness (QED) is 0.519. The first-order chi connectivity index (χ1) is 5.65. The Hall–Kier alpha value is -0.890. The average molecular weight is 183 g/mol. The zero-order chi connectivity index (χ0) is 9.14. The van der Waals surface area contributed by atoms with Crippen LogP contribution in [0.3, 0.4) is 0 Å². The molecule has 64 valence electrons. The lowest BCUT2D eigenvalue weighted by Crippen LogP contribution is -1.99. The molecule has 0 aromatic carbocycles. The minimum absolute atomic E-state index is 0.317. The fourth-order valence-corrected chi connectivity index (χ4v) is 1.39. The summed E-state index contributed by atoms with van der Waals surface area (Å²) in [5.74, 6) is 0. The van der Waals surface area contributed by atoms with Crippen molar-refractivity contribution in [3.63, 3.8) is 0 Å². The summed E-state index contributed by atoms with van der Waals surface area (Å²) < 4.78 is 0. The van der Waals surface area contributed by atoms with Crippen molar-refractivity contribution in [1.29, 1.82) is 0 Å². The largest absolute Gasteiger partial charge is 0.223 e. The van der Waals surface area contributed by atoms with Gasteiger partial charge in [0.1, 0.15) is 0 Å². The van der Waals surface area contributed by atoms with Crippen molar-refractivity contribution >= 4 is 11.6 Å². The molecule has 0 aliphatic carbocycles. The van der Waals surface area contributed by atoms with Gasteiger partial charge in [0.2, 0.25) is 5.28 Å². The molecule has 0 aliphatic rings. The Bertz CT molecular complexity index is 284. The van der Waals surface area contributed by atoms with Gasteiger partial charge in [0.25, 0.3) is 0 Å². The van der Waals surface area contributed by atoms with Gasteiger partial charge >= 0.3 is 0 Å². The zero-order valence-electron chi connectivity index (χ0n) is 7.26. The molecule has 1 aromatic rings. The smallest absolute Gasteiger partial charge is 0.222 e. The molecular weight excluding hydrogens is 172 g/mol. The van der Waals surface area contributed by atoms with Crippen molar-refractivity contribution in [3.8, 4) is 0 Å². The van der Waals surface area contributed by atoms with E-state index in [0.717, 1.165) is 23.4 Å². The number of halogens is 1. The SMILES string of the molecule is C=CCc1c(C)nc(Cl)nc1C. The lowest BCUT2D eigenvalue weighted by atomic mass is 10.1. The fourth-order valence-electron chi connectivity index (χ4n) is 1.14. The predicted molar refractivity (Wildman–Crippen MR) is 50.4 cm³/mol. The van der Waals surface area contributed by atoms with Crippen molar-refractivity contribution in [1.82, 2.24) is 9.97 Å². The maximum atomic E-state index is 5.67. The highest BCUT2D eigenvalue weighted by atomic mass is 35.5. The molecule has 0 N–H and O–H groups in total. The summed E-state index contributed by atoms with van der Waals surface area (Å²) in [6.45, 7) is 7.53. The third-order valence-electron chi connectivity index (χ3n) is 1.74. The standard InChI is InChI=1S/C9H11ClN2/c1-4-5-8-6(2)11-9(10)12-7(8)3/h4H,1,5H2,2-3H3. The maximum Gasteiger partial charge on any atom is 0.222 e. The van der Waals surface area contributed by atoms with Gasteiger partial charge in [0.05, 0.1) is 0 Å². The van der Waals surface area contributed by atoms with Crippen LogP contribution in [0.4, 0.5) is 0 Å². The topological polar surface area (TPSA) is 25.8 Å². The third-order valence-corrected chi connectivity index (χ3v) is 1.91. The highest BCUT2D eigenvalue weighted by molar-refractivity contribution is 6.28. The van der Waals surface area contributed by atoms with E-state index in [1.165, 1.54) is 0 Å². The Kier molecular flexibility index (Phi) is 2.82. The molecule has 0 fully saturated rings. The van der Waals surface area contributed by atoms with E-state index in [2.05, 4.69) is 16.5 Å². The van der Waals surface area contributed by atoms with Gasteiger partial charge in [-0.2, -0.15) is 0 Å². The van der Waals surface area contributed by atoms with Crippen LogP contribution in [-0.4, -0.2) is 9.97 Å². The van der Waals surface area contributed by atoms with Crippen LogP contribution in [0.1, 0.15) is 17.0 Å². The minimum atomic E-state index is 0.317. The molecule has 1 heterocycles. The Morgan fingerprint density at radius 3 is 2.25 bits per heavy atom. The van der Waals surface area contributed by atoms with Gasteiger partial charge < -0.3 is 0 Å². The molecule has 0 bridgehead atoms. The second-order valence-corrected chi connectivity index (χ2v) is 2.97. The van der Waals surface area contributed by atoms with Gasteiger partial charge in [-0.3, -0.25) is 0 Å². The van der Waals surface area contributed by atoms with Crippen LogP contribution >= 0.6 is 11.6 Å². The van der Waals surface area contributed by atoms with Gasteiger partial charge in [0, 0.05) is 11.4 Å². The van der Waals surface area contributed by atoms with Crippen LogP contribution in [0.25, 0.3) is 0 Å². The molecule has 0 aliphatic heterocycles. The first-order valence-corrected chi connectivity index (χ1v) is 4.13. The van der Waals surface area contributed by atoms with Crippen LogP contribution in [0, 0.1) is 13.8 Å². The van der Waals surface area contributed by atoms with Crippen molar-refractivity contribution < 1.29 is 0 Å². The molecule has 0 atom stereocenters. The Morgan fingerprint density at radius 2 is 1.83 bits per heavy atom. The average Bonchev–Trinajstić information content (AvgIpc) is 1.96. The number of rotatable bonds is 2. The normalized spacial score (nSPS) is 9.92. The molecule has 1 rings (SSSR count). The Morgan fingerprint density at radius 1 is 1.33 bits per heavy atom. The molecule has 0 radical (unpaired) electrons. The summed E-state index contributed by atoms with van der Waals surface area (Å²) in [7, 11) is 0. The first-order valence-electron chi connectivity index (χ1n) is 3.75. The molecule has 2 nitrogen and oxygen atoms in total. The highest BCUT2D eigenvalue weighted by Crippen LogP contribution is 2.13. The number of nitrogens with zero attached hydrogens (tertiary/aromatic N) is 2. The molecule has 0 amide bonds. The minimum Gasteiger partial charge on any atom is -0.223 e. The first kappa shape index (κ1) is 9.20. The number of aryl methyl sites for hydroxylation is 2. The fraction of sp³-hybridized carbons (Fsp3) is 0.333. The van der Waals surface area contributed by atoms with Gasteiger partial charge in [0.15, 0.2) is 0 Å². The summed E-state index contributed by atoms with van der Waals surface area (Å²) in [5.41, 5.74) is 2.99. The molecule has 0 saturated carbocycles. The molecule has 0 saturated heterocycles. The number of hydrogen-bond donors (Lipinski definition) is 0. The van der Waals surface area contributed by atoms with Crippen molar-refractivity contribution in [2.24, 2.45) is 0 Å². The van der Waals surface area contributed by atoms with E-state index in [4.69, 9.17) is 11.6 Å². The van der Waals surface area contributed by atoms with Crippen LogP contribution in [0.5, 0.6) is 0 Å². The van der Waals surface area contributed by atoms with Crippen LogP contribution < -0.4 is 0 Å². The van der Waals surface area contributed by atoms with Crippen molar-refractivity contribution in [2.75, 3.05) is 0 Å². The van der Waals surface area contributed by atoms with Crippen LogP contribution in [0.2, 0.25) is 5.28 Å². The third kappa shape index (κ3) is 1.83. The molecule has 0 unspecified atom stereocenters. The van der Waals surface area contributed by atoms with E-state index in [-0.39, 0.29) is 0 Å². The number of aromatic nitrogens is 2. The van der Waals surface area contributed by atoms with E-state index in [1.54, 1.807) is 0 Å². The highest BCUT2D eigenvalue weighted by Gasteiger charge is 2.04. The van der Waals surface area contributed by atoms with E-state index in [0.29, 0.717) is 5.28 Å². The Balaban J connectivity index is 3.18. The summed E-state index contributed by atoms with van der Waals surface area (Å²) in [6.07, 6.45) is 2.64. The van der Waals surface area contributed by atoms with Gasteiger partial charge in [-0.25, -0.2) is 9.97 Å². The van der Waals surface area contributed by atoms with Gasteiger partial charge in [-0.05, 0) is 37.4 Å². The monoisotopic (exact) mass is 182 g/mol. The summed E-state index contributed by atoms with van der Waals surface area (Å²) >= 11 is 5.67. The number of hydrogen-bond acceptors (Lipinski definition) is 2. The van der Waals surface area contributed by atoms with Crippen molar-refractivity contribution in [3.05, 3.63) is 34.9 Å². The zero-order valence-corrected chi connectivity index (χ0v) is 8.02. The second-order valence-electron chi connectivity index (χ2n) is 2.63. The lowest BCUT2D eigenvalue weighted by molar-refractivity contribution is 0.985. The van der Waals surface area contributed by atoms with Crippen LogP contribution in [-0.2, 0) is 6.42 Å². The molecule has 12 heavy (non-hydrogen) atoms. The van der Waals surface area contributed by atoms with E-state index >= 15 is 0 Å². The van der Waals surface area contributed by atoms with Crippen molar-refractivity contribution in [2.45, 2.75) is 20.3 Å².